The number of carbonyl (C=O) groups is 1. The molecule has 2 N–H and O–H groups in total. The zero-order valence-electron chi connectivity index (χ0n) is 5.16. The first kappa shape index (κ1) is 8.30. The Hall–Kier alpha value is -0.700. The highest BCUT2D eigenvalue weighted by molar-refractivity contribution is 7.85. The maximum Gasteiger partial charge on any atom is 0.254 e. The van der Waals surface area contributed by atoms with E-state index in [2.05, 4.69) is 12.6 Å². The number of thiol groups is 1. The lowest BCUT2D eigenvalue weighted by atomic mass is 10.4. The normalized spacial score (nSPS) is 12.4. The van der Waals surface area contributed by atoms with Crippen LogP contribution in [0.5, 0.6) is 0 Å². The van der Waals surface area contributed by atoms with Gasteiger partial charge < -0.3 is 5.73 Å². The molecule has 0 aliphatic carbocycles. The number of hydrogen-bond donors (Lipinski definition) is 2. The number of primary amides is 1. The molecular weight excluding hydrogens is 134 g/mol. The van der Waals surface area contributed by atoms with Crippen LogP contribution in [0.15, 0.2) is 23.1 Å². The van der Waals surface area contributed by atoms with Gasteiger partial charge in [-0.25, -0.2) is 0 Å². The number of nitrogens with two attached hydrogens (primary N) is 1. The van der Waals surface area contributed by atoms with Crippen molar-refractivity contribution in [2.24, 2.45) is 5.73 Å². The van der Waals surface area contributed by atoms with Crippen LogP contribution in [0, 0.1) is 0 Å². The van der Waals surface area contributed by atoms with E-state index in [0.29, 0.717) is 0 Å². The summed E-state index contributed by atoms with van der Waals surface area (Å²) in [6.45, 7) is 1.85. The van der Waals surface area contributed by atoms with Gasteiger partial charge in [0.15, 0.2) is 0 Å². The number of carbonyl (C=O) groups excluding carboxylic acids is 1. The molecule has 0 aliphatic rings. The van der Waals surface area contributed by atoms with Crippen LogP contribution in [0.25, 0.3) is 0 Å². The Kier molecular flexibility index (Phi) is 3.88. The van der Waals surface area contributed by atoms with Gasteiger partial charge in [0, 0.05) is 0 Å². The van der Waals surface area contributed by atoms with Crippen molar-refractivity contribution in [3.8, 4) is 0 Å². The third kappa shape index (κ3) is 3.85. The molecule has 0 radical (unpaired) electrons. The summed E-state index contributed by atoms with van der Waals surface area (Å²) < 4.78 is 0. The fourth-order valence-electron chi connectivity index (χ4n) is 0.270. The fourth-order valence-corrected chi connectivity index (χ4v) is 0.356. The van der Waals surface area contributed by atoms with Crippen LogP contribution < -0.4 is 5.73 Å². The topological polar surface area (TPSA) is 43.1 Å². The van der Waals surface area contributed by atoms with Gasteiger partial charge in [0.05, 0.1) is 4.91 Å². The van der Waals surface area contributed by atoms with Crippen molar-refractivity contribution in [2.75, 3.05) is 0 Å². The van der Waals surface area contributed by atoms with Crippen LogP contribution in [0.3, 0.4) is 0 Å². The largest absolute Gasteiger partial charge is 0.365 e. The molecule has 2 nitrogen and oxygen atoms in total. The van der Waals surface area contributed by atoms with Crippen LogP contribution >= 0.6 is 12.6 Å². The van der Waals surface area contributed by atoms with Gasteiger partial charge in [-0.15, -0.1) is 12.6 Å². The number of rotatable bonds is 2. The van der Waals surface area contributed by atoms with Gasteiger partial charge in [0.1, 0.15) is 0 Å². The Morgan fingerprint density at radius 2 is 2.22 bits per heavy atom. The minimum atomic E-state index is -0.503. The summed E-state index contributed by atoms with van der Waals surface area (Å²) in [6.07, 6.45) is 5.04. The van der Waals surface area contributed by atoms with Crippen LogP contribution in [-0.4, -0.2) is 5.91 Å². The van der Waals surface area contributed by atoms with Crippen molar-refractivity contribution in [3.63, 3.8) is 0 Å². The van der Waals surface area contributed by atoms with Gasteiger partial charge in [0.25, 0.3) is 5.91 Å². The van der Waals surface area contributed by atoms with Gasteiger partial charge in [0.2, 0.25) is 0 Å². The quantitative estimate of drug-likeness (QED) is 0.336. The average Bonchev–Trinajstić information content (AvgIpc) is 1.82. The van der Waals surface area contributed by atoms with E-state index in [-0.39, 0.29) is 4.91 Å². The Morgan fingerprint density at radius 1 is 1.67 bits per heavy atom. The predicted molar refractivity (Wildman–Crippen MR) is 41.1 cm³/mol. The summed E-state index contributed by atoms with van der Waals surface area (Å²) in [5, 5.41) is 0. The van der Waals surface area contributed by atoms with Crippen LogP contribution in [0.1, 0.15) is 6.92 Å². The fraction of sp³-hybridized carbons (Fsp3) is 0.167. The Labute approximate surface area is 59.8 Å². The van der Waals surface area contributed by atoms with Crippen molar-refractivity contribution in [2.45, 2.75) is 6.92 Å². The second-order valence-corrected chi connectivity index (χ2v) is 1.92. The van der Waals surface area contributed by atoms with E-state index in [9.17, 15) is 4.79 Å². The van der Waals surface area contributed by atoms with Crippen molar-refractivity contribution >= 4 is 18.5 Å². The Morgan fingerprint density at radius 3 is 2.56 bits per heavy atom. The number of hydrogen-bond acceptors (Lipinski definition) is 2. The lowest BCUT2D eigenvalue weighted by molar-refractivity contribution is -0.113. The molecule has 0 atom stereocenters. The minimum Gasteiger partial charge on any atom is -0.365 e. The van der Waals surface area contributed by atoms with E-state index in [1.54, 1.807) is 18.2 Å². The van der Waals surface area contributed by atoms with E-state index in [1.165, 1.54) is 0 Å². The van der Waals surface area contributed by atoms with Gasteiger partial charge in [-0.05, 0) is 13.0 Å². The van der Waals surface area contributed by atoms with Crippen molar-refractivity contribution < 1.29 is 4.79 Å². The molecule has 0 aromatic heterocycles. The highest BCUT2D eigenvalue weighted by Gasteiger charge is 1.92. The molecule has 9 heavy (non-hydrogen) atoms. The highest BCUT2D eigenvalue weighted by Crippen LogP contribution is 1.97. The number of amides is 1. The second-order valence-electron chi connectivity index (χ2n) is 1.44. The standard InChI is InChI=1S/C6H9NOS/c1-2-3-4-5(9)6(7)8/h2-4,9H,1H3,(H2,7,8)/b3-2?,5-4-. The molecule has 0 saturated heterocycles. The Bertz CT molecular complexity index is 160. The van der Waals surface area contributed by atoms with E-state index in [4.69, 9.17) is 5.73 Å². The van der Waals surface area contributed by atoms with Crippen molar-refractivity contribution in [1.29, 1.82) is 0 Å². The van der Waals surface area contributed by atoms with Crippen LogP contribution in [-0.2, 0) is 4.79 Å². The first-order valence-corrected chi connectivity index (χ1v) is 2.95. The van der Waals surface area contributed by atoms with Gasteiger partial charge in [-0.1, -0.05) is 12.2 Å². The van der Waals surface area contributed by atoms with Gasteiger partial charge in [-0.3, -0.25) is 4.79 Å². The molecular formula is C6H9NOS. The van der Waals surface area contributed by atoms with Crippen LogP contribution in [0.2, 0.25) is 0 Å². The molecule has 0 heterocycles. The lowest BCUT2D eigenvalue weighted by Gasteiger charge is -1.86. The third-order valence-electron chi connectivity index (χ3n) is 0.699. The third-order valence-corrected chi connectivity index (χ3v) is 1.07. The molecule has 0 aliphatic heterocycles. The first-order chi connectivity index (χ1) is 4.18. The summed E-state index contributed by atoms with van der Waals surface area (Å²) in [7, 11) is 0. The summed E-state index contributed by atoms with van der Waals surface area (Å²) in [5.41, 5.74) is 4.86. The van der Waals surface area contributed by atoms with E-state index < -0.39 is 5.91 Å². The molecule has 50 valence electrons. The summed E-state index contributed by atoms with van der Waals surface area (Å²) in [4.78, 5) is 10.5. The molecule has 0 fully saturated rings. The van der Waals surface area contributed by atoms with E-state index in [1.807, 2.05) is 6.92 Å². The predicted octanol–water partition coefficient (Wildman–Crippen LogP) is 0.862. The molecule has 1 amide bonds. The highest BCUT2D eigenvalue weighted by atomic mass is 32.1. The molecule has 0 rings (SSSR count). The SMILES string of the molecule is CC=C/C=C(\S)C(N)=O. The molecule has 0 spiro atoms. The summed E-state index contributed by atoms with van der Waals surface area (Å²) >= 11 is 3.79. The zero-order valence-corrected chi connectivity index (χ0v) is 6.06. The monoisotopic (exact) mass is 143 g/mol. The minimum absolute atomic E-state index is 0.271. The number of allylic oxidation sites excluding steroid dienone is 3. The molecule has 0 unspecified atom stereocenters. The van der Waals surface area contributed by atoms with E-state index in [0.717, 1.165) is 0 Å². The maximum atomic E-state index is 10.2. The smallest absolute Gasteiger partial charge is 0.254 e. The molecule has 0 saturated carbocycles. The molecule has 0 aromatic carbocycles. The van der Waals surface area contributed by atoms with Crippen molar-refractivity contribution in [3.05, 3.63) is 23.1 Å². The maximum absolute atomic E-state index is 10.2. The molecule has 0 bridgehead atoms. The summed E-state index contributed by atoms with van der Waals surface area (Å²) in [5.74, 6) is -0.503. The van der Waals surface area contributed by atoms with Gasteiger partial charge >= 0.3 is 0 Å². The van der Waals surface area contributed by atoms with Crippen molar-refractivity contribution in [1.82, 2.24) is 0 Å². The lowest BCUT2D eigenvalue weighted by Crippen LogP contribution is -2.09. The summed E-state index contributed by atoms with van der Waals surface area (Å²) in [6, 6.07) is 0. The molecule has 3 heteroatoms. The molecule has 0 aromatic rings. The first-order valence-electron chi connectivity index (χ1n) is 2.50. The van der Waals surface area contributed by atoms with Crippen LogP contribution in [0.4, 0.5) is 0 Å². The zero-order chi connectivity index (χ0) is 7.28. The van der Waals surface area contributed by atoms with Gasteiger partial charge in [-0.2, -0.15) is 0 Å². The average molecular weight is 143 g/mol. The Balaban J connectivity index is 4.00. The second kappa shape index (κ2) is 4.21. The van der Waals surface area contributed by atoms with E-state index >= 15 is 0 Å².